The van der Waals surface area contributed by atoms with Gasteiger partial charge in [0.15, 0.2) is 18.1 Å². The van der Waals surface area contributed by atoms with Gasteiger partial charge in [0.2, 0.25) is 5.91 Å². The third-order valence-corrected chi connectivity index (χ3v) is 2.89. The second-order valence-electron chi connectivity index (χ2n) is 4.81. The number of methoxy groups -OCH3 is 2. The molecule has 1 aromatic carbocycles. The van der Waals surface area contributed by atoms with Crippen LogP contribution in [-0.4, -0.2) is 57.9 Å². The van der Waals surface area contributed by atoms with E-state index in [9.17, 15) is 27.6 Å². The Balaban J connectivity index is 2.68. The zero-order valence-electron chi connectivity index (χ0n) is 13.9. The number of rotatable bonds is 8. The van der Waals surface area contributed by atoms with Crippen LogP contribution in [0.5, 0.6) is 11.5 Å². The minimum Gasteiger partial charge on any atom is -0.493 e. The third kappa shape index (κ3) is 7.28. The molecule has 144 valence electrons. The molecule has 8 nitrogen and oxygen atoms in total. The van der Waals surface area contributed by atoms with Crippen molar-refractivity contribution in [1.82, 2.24) is 10.6 Å². The van der Waals surface area contributed by atoms with E-state index in [0.717, 1.165) is 0 Å². The van der Waals surface area contributed by atoms with Gasteiger partial charge < -0.3 is 24.8 Å². The van der Waals surface area contributed by atoms with Gasteiger partial charge in [-0.2, -0.15) is 13.2 Å². The van der Waals surface area contributed by atoms with Crippen molar-refractivity contribution >= 4 is 17.8 Å². The molecule has 0 atom stereocenters. The van der Waals surface area contributed by atoms with Crippen LogP contribution in [0.3, 0.4) is 0 Å². The molecule has 0 saturated carbocycles. The van der Waals surface area contributed by atoms with Crippen LogP contribution in [-0.2, 0) is 14.3 Å². The van der Waals surface area contributed by atoms with Crippen molar-refractivity contribution in [2.45, 2.75) is 6.18 Å². The Hall–Kier alpha value is -2.98. The maximum Gasteiger partial charge on any atom is 0.405 e. The molecule has 2 amide bonds. The molecule has 26 heavy (non-hydrogen) atoms. The Morgan fingerprint density at radius 2 is 1.77 bits per heavy atom. The quantitative estimate of drug-likeness (QED) is 0.644. The number of nitrogens with one attached hydrogen (secondary N) is 2. The lowest BCUT2D eigenvalue weighted by atomic mass is 10.2. The topological polar surface area (TPSA) is 103 Å². The Bertz CT molecular complexity index is 663. The van der Waals surface area contributed by atoms with Crippen LogP contribution in [0.25, 0.3) is 0 Å². The van der Waals surface area contributed by atoms with E-state index in [1.54, 1.807) is 5.32 Å². The van der Waals surface area contributed by atoms with Gasteiger partial charge in [-0.1, -0.05) is 0 Å². The van der Waals surface area contributed by atoms with Crippen molar-refractivity contribution in [3.63, 3.8) is 0 Å². The Morgan fingerprint density at radius 3 is 2.35 bits per heavy atom. The van der Waals surface area contributed by atoms with E-state index in [-0.39, 0.29) is 17.1 Å². The van der Waals surface area contributed by atoms with Crippen molar-refractivity contribution in [1.29, 1.82) is 0 Å². The van der Waals surface area contributed by atoms with Gasteiger partial charge in [-0.05, 0) is 18.2 Å². The lowest BCUT2D eigenvalue weighted by molar-refractivity contribution is -0.142. The number of hydrogen-bond acceptors (Lipinski definition) is 6. The highest BCUT2D eigenvalue weighted by Gasteiger charge is 2.27. The fraction of sp³-hybridized carbons (Fsp3) is 0.400. The number of benzene rings is 1. The van der Waals surface area contributed by atoms with Gasteiger partial charge in [-0.3, -0.25) is 9.59 Å². The fourth-order valence-electron chi connectivity index (χ4n) is 1.65. The number of amides is 2. The van der Waals surface area contributed by atoms with Crippen LogP contribution in [0.1, 0.15) is 10.4 Å². The van der Waals surface area contributed by atoms with Gasteiger partial charge in [0.1, 0.15) is 6.54 Å². The lowest BCUT2D eigenvalue weighted by Crippen LogP contribution is -2.40. The predicted octanol–water partition coefficient (Wildman–Crippen LogP) is 0.655. The average molecular weight is 378 g/mol. The molecule has 0 unspecified atom stereocenters. The molecule has 0 aliphatic rings. The molecule has 0 fully saturated rings. The zero-order valence-corrected chi connectivity index (χ0v) is 13.9. The maximum atomic E-state index is 12.0. The number of carbonyl (C=O) groups excluding carboxylic acids is 3. The summed E-state index contributed by atoms with van der Waals surface area (Å²) in [5.41, 5.74) is 0.0503. The fourth-order valence-corrected chi connectivity index (χ4v) is 1.65. The predicted molar refractivity (Wildman–Crippen MR) is 81.9 cm³/mol. The Morgan fingerprint density at radius 1 is 1.08 bits per heavy atom. The molecule has 0 aliphatic heterocycles. The summed E-state index contributed by atoms with van der Waals surface area (Å²) in [6.45, 7) is -2.55. The van der Waals surface area contributed by atoms with Gasteiger partial charge >= 0.3 is 12.1 Å². The highest BCUT2D eigenvalue weighted by Crippen LogP contribution is 2.28. The van der Waals surface area contributed by atoms with Crippen LogP contribution in [0, 0.1) is 0 Å². The molecule has 2 N–H and O–H groups in total. The number of halogens is 3. The van der Waals surface area contributed by atoms with E-state index in [2.05, 4.69) is 10.1 Å². The van der Waals surface area contributed by atoms with Crippen LogP contribution in [0.4, 0.5) is 13.2 Å². The second-order valence-corrected chi connectivity index (χ2v) is 4.81. The number of alkyl halides is 3. The zero-order chi connectivity index (χ0) is 19.7. The van der Waals surface area contributed by atoms with E-state index in [0.29, 0.717) is 0 Å². The number of hydrogen-bond donors (Lipinski definition) is 2. The van der Waals surface area contributed by atoms with Crippen LogP contribution < -0.4 is 20.1 Å². The molecular formula is C15H17F3N2O6. The second kappa shape index (κ2) is 9.49. The number of esters is 1. The number of carbonyl (C=O) groups is 3. The minimum absolute atomic E-state index is 0.0503. The van der Waals surface area contributed by atoms with Crippen molar-refractivity contribution in [3.8, 4) is 11.5 Å². The average Bonchev–Trinajstić information content (AvgIpc) is 2.61. The summed E-state index contributed by atoms with van der Waals surface area (Å²) < 4.78 is 50.6. The van der Waals surface area contributed by atoms with Crippen molar-refractivity contribution in [2.75, 3.05) is 33.9 Å². The van der Waals surface area contributed by atoms with Crippen molar-refractivity contribution < 1.29 is 41.8 Å². The summed E-state index contributed by atoms with van der Waals surface area (Å²) in [5.74, 6) is -2.05. The summed E-state index contributed by atoms with van der Waals surface area (Å²) in [6.07, 6.45) is -4.54. The summed E-state index contributed by atoms with van der Waals surface area (Å²) in [7, 11) is 2.53. The SMILES string of the molecule is COC(=O)COc1cc(C(=O)NCC(=O)NCC(F)(F)F)ccc1OC. The molecule has 0 spiro atoms. The lowest BCUT2D eigenvalue weighted by Gasteiger charge is -2.12. The number of ether oxygens (including phenoxy) is 3. The van der Waals surface area contributed by atoms with Gasteiger partial charge in [-0.25, -0.2) is 4.79 Å². The monoisotopic (exact) mass is 378 g/mol. The van der Waals surface area contributed by atoms with E-state index in [1.807, 2.05) is 0 Å². The molecule has 0 aliphatic carbocycles. The molecule has 0 saturated heterocycles. The highest BCUT2D eigenvalue weighted by atomic mass is 19.4. The maximum absolute atomic E-state index is 12.0. The summed E-state index contributed by atoms with van der Waals surface area (Å²) in [6, 6.07) is 4.00. The normalized spacial score (nSPS) is 10.7. The van der Waals surface area contributed by atoms with Crippen LogP contribution in [0.2, 0.25) is 0 Å². The Labute approximate surface area is 146 Å². The third-order valence-electron chi connectivity index (χ3n) is 2.89. The molecule has 0 aromatic heterocycles. The van der Waals surface area contributed by atoms with Crippen LogP contribution >= 0.6 is 0 Å². The van der Waals surface area contributed by atoms with Crippen molar-refractivity contribution in [2.24, 2.45) is 0 Å². The van der Waals surface area contributed by atoms with Gasteiger partial charge in [0.05, 0.1) is 20.8 Å². The first-order valence-electron chi connectivity index (χ1n) is 7.15. The summed E-state index contributed by atoms with van der Waals surface area (Å²) in [4.78, 5) is 34.4. The first kappa shape index (κ1) is 21.1. The van der Waals surface area contributed by atoms with Crippen LogP contribution in [0.15, 0.2) is 18.2 Å². The first-order valence-corrected chi connectivity index (χ1v) is 7.15. The van der Waals surface area contributed by atoms with Gasteiger partial charge in [-0.15, -0.1) is 0 Å². The van der Waals surface area contributed by atoms with Gasteiger partial charge in [0.25, 0.3) is 5.91 Å². The highest BCUT2D eigenvalue weighted by molar-refractivity contribution is 5.97. The largest absolute Gasteiger partial charge is 0.493 e. The summed E-state index contributed by atoms with van der Waals surface area (Å²) in [5, 5.41) is 3.79. The van der Waals surface area contributed by atoms with E-state index < -0.39 is 43.7 Å². The van der Waals surface area contributed by atoms with Gasteiger partial charge in [0, 0.05) is 5.56 Å². The molecule has 0 radical (unpaired) electrons. The molecular weight excluding hydrogens is 361 g/mol. The van der Waals surface area contributed by atoms with E-state index in [4.69, 9.17) is 9.47 Å². The first-order chi connectivity index (χ1) is 12.2. The molecule has 1 rings (SSSR count). The molecule has 1 aromatic rings. The van der Waals surface area contributed by atoms with Crippen molar-refractivity contribution in [3.05, 3.63) is 23.8 Å². The standard InChI is InChI=1S/C15H17F3N2O6/c1-24-10-4-3-9(5-11(10)26-7-13(22)25-2)14(23)19-6-12(21)20-8-15(16,17)18/h3-5H,6-8H2,1-2H3,(H,19,23)(H,20,21). The summed E-state index contributed by atoms with van der Waals surface area (Å²) >= 11 is 0. The molecule has 0 heterocycles. The molecule has 0 bridgehead atoms. The smallest absolute Gasteiger partial charge is 0.405 e. The molecule has 11 heteroatoms. The van der Waals surface area contributed by atoms with E-state index in [1.165, 1.54) is 32.4 Å². The Kier molecular flexibility index (Phi) is 7.69. The van der Waals surface area contributed by atoms with E-state index >= 15 is 0 Å². The minimum atomic E-state index is -4.54.